The highest BCUT2D eigenvalue weighted by molar-refractivity contribution is 6.52. The molecule has 21 heavy (non-hydrogen) atoms. The number of ketones is 1. The van der Waals surface area contributed by atoms with Crippen molar-refractivity contribution in [3.8, 4) is 0 Å². The van der Waals surface area contributed by atoms with Crippen molar-refractivity contribution < 1.29 is 14.4 Å². The lowest BCUT2D eigenvalue weighted by Gasteiger charge is -2.23. The van der Waals surface area contributed by atoms with Crippen LogP contribution in [0.1, 0.15) is 23.7 Å². The number of para-hydroxylation sites is 1. The molecule has 0 radical (unpaired) electrons. The monoisotopic (exact) mass is 289 g/mol. The maximum Gasteiger partial charge on any atom is 0.300 e. The van der Waals surface area contributed by atoms with E-state index in [2.05, 4.69) is 5.32 Å². The van der Waals surface area contributed by atoms with Crippen molar-refractivity contribution in [3.63, 3.8) is 0 Å². The summed E-state index contributed by atoms with van der Waals surface area (Å²) in [4.78, 5) is 38.6. The first-order chi connectivity index (χ1) is 10.0. The van der Waals surface area contributed by atoms with E-state index in [4.69, 9.17) is 0 Å². The summed E-state index contributed by atoms with van der Waals surface area (Å²) in [6, 6.07) is 6.90. The van der Waals surface area contributed by atoms with Gasteiger partial charge in [-0.3, -0.25) is 24.2 Å². The first-order valence-corrected chi connectivity index (χ1v) is 6.95. The Kier molecular flexibility index (Phi) is 4.70. The number of carbonyl (C=O) groups is 3. The van der Waals surface area contributed by atoms with Gasteiger partial charge in [-0.15, -0.1) is 0 Å². The SMILES string of the molecule is CCCNC(=O)CN(C)CN1C(=O)C(=O)c2ccccc21. The second kappa shape index (κ2) is 6.49. The maximum atomic E-state index is 12.0. The van der Waals surface area contributed by atoms with Crippen LogP contribution in [0.3, 0.4) is 0 Å². The van der Waals surface area contributed by atoms with Gasteiger partial charge >= 0.3 is 5.91 Å². The van der Waals surface area contributed by atoms with Crippen LogP contribution in [-0.4, -0.2) is 49.3 Å². The molecule has 0 saturated carbocycles. The van der Waals surface area contributed by atoms with Crippen molar-refractivity contribution in [1.82, 2.24) is 10.2 Å². The van der Waals surface area contributed by atoms with E-state index in [9.17, 15) is 14.4 Å². The zero-order chi connectivity index (χ0) is 15.4. The van der Waals surface area contributed by atoms with Gasteiger partial charge in [-0.1, -0.05) is 19.1 Å². The van der Waals surface area contributed by atoms with Gasteiger partial charge in [-0.2, -0.15) is 0 Å². The molecule has 1 N–H and O–H groups in total. The van der Waals surface area contributed by atoms with E-state index in [-0.39, 0.29) is 19.1 Å². The number of nitrogens with zero attached hydrogens (tertiary/aromatic N) is 2. The van der Waals surface area contributed by atoms with Gasteiger partial charge in [0.25, 0.3) is 5.78 Å². The van der Waals surface area contributed by atoms with Crippen molar-refractivity contribution in [2.75, 3.05) is 31.7 Å². The number of hydrogen-bond donors (Lipinski definition) is 1. The number of rotatable bonds is 6. The number of anilines is 1. The first-order valence-electron chi connectivity index (χ1n) is 6.95. The number of likely N-dealkylation sites (N-methyl/N-ethyl adjacent to an activating group) is 1. The van der Waals surface area contributed by atoms with Crippen molar-refractivity contribution in [2.24, 2.45) is 0 Å². The normalized spacial score (nSPS) is 13.8. The highest BCUT2D eigenvalue weighted by Crippen LogP contribution is 2.28. The van der Waals surface area contributed by atoms with Gasteiger partial charge < -0.3 is 5.32 Å². The average molecular weight is 289 g/mol. The topological polar surface area (TPSA) is 69.7 Å². The fraction of sp³-hybridized carbons (Fsp3) is 0.400. The molecule has 6 heteroatoms. The molecule has 2 rings (SSSR count). The molecule has 1 aliphatic rings. The number of amides is 2. The number of Topliss-reactive ketones (excluding diaryl/α,β-unsaturated/α-hetero) is 1. The van der Waals surface area contributed by atoms with E-state index in [0.29, 0.717) is 17.8 Å². The summed E-state index contributed by atoms with van der Waals surface area (Å²) in [6.07, 6.45) is 0.877. The molecule has 2 amide bonds. The fourth-order valence-corrected chi connectivity index (χ4v) is 2.25. The predicted octanol–water partition coefficient (Wildman–Crippen LogP) is 0.631. The average Bonchev–Trinajstić information content (AvgIpc) is 2.71. The van der Waals surface area contributed by atoms with E-state index in [1.807, 2.05) is 6.92 Å². The summed E-state index contributed by atoms with van der Waals surface area (Å²) in [5.41, 5.74) is 1.03. The highest BCUT2D eigenvalue weighted by atomic mass is 16.2. The van der Waals surface area contributed by atoms with Crippen molar-refractivity contribution >= 4 is 23.3 Å². The number of hydrogen-bond acceptors (Lipinski definition) is 4. The third-order valence-corrected chi connectivity index (χ3v) is 3.25. The summed E-state index contributed by atoms with van der Waals surface area (Å²) in [7, 11) is 1.74. The number of carbonyl (C=O) groups excluding carboxylic acids is 3. The van der Waals surface area contributed by atoms with Crippen molar-refractivity contribution in [2.45, 2.75) is 13.3 Å². The summed E-state index contributed by atoms with van der Waals surface area (Å²) < 4.78 is 0. The largest absolute Gasteiger partial charge is 0.355 e. The van der Waals surface area contributed by atoms with Crippen LogP contribution < -0.4 is 10.2 Å². The molecular weight excluding hydrogens is 270 g/mol. The minimum atomic E-state index is -0.544. The second-order valence-electron chi connectivity index (χ2n) is 5.09. The molecule has 0 aromatic heterocycles. The zero-order valence-corrected chi connectivity index (χ0v) is 12.3. The summed E-state index contributed by atoms with van der Waals surface area (Å²) in [5.74, 6) is -1.13. The van der Waals surface area contributed by atoms with Crippen LogP contribution in [0.25, 0.3) is 0 Å². The van der Waals surface area contributed by atoms with Gasteiger partial charge in [0, 0.05) is 6.54 Å². The molecule has 0 unspecified atom stereocenters. The van der Waals surface area contributed by atoms with E-state index < -0.39 is 11.7 Å². The van der Waals surface area contributed by atoms with Crippen LogP contribution in [0.2, 0.25) is 0 Å². The molecule has 0 fully saturated rings. The zero-order valence-electron chi connectivity index (χ0n) is 12.3. The molecule has 112 valence electrons. The van der Waals surface area contributed by atoms with E-state index >= 15 is 0 Å². The Hall–Kier alpha value is -2.21. The Morgan fingerprint density at radius 1 is 1.29 bits per heavy atom. The lowest BCUT2D eigenvalue weighted by molar-refractivity contribution is -0.122. The molecular formula is C15H19N3O3. The molecule has 1 aromatic rings. The summed E-state index contributed by atoms with van der Waals surface area (Å²) in [5, 5.41) is 2.78. The van der Waals surface area contributed by atoms with E-state index in [1.54, 1.807) is 36.2 Å². The quantitative estimate of drug-likeness (QED) is 0.780. The lowest BCUT2D eigenvalue weighted by atomic mass is 10.1. The van der Waals surface area contributed by atoms with Crippen LogP contribution in [0.4, 0.5) is 5.69 Å². The van der Waals surface area contributed by atoms with Gasteiger partial charge in [0.15, 0.2) is 0 Å². The van der Waals surface area contributed by atoms with Gasteiger partial charge in [0.05, 0.1) is 24.5 Å². The smallest absolute Gasteiger partial charge is 0.300 e. The minimum absolute atomic E-state index is 0.0920. The van der Waals surface area contributed by atoms with Crippen LogP contribution >= 0.6 is 0 Å². The van der Waals surface area contributed by atoms with Gasteiger partial charge in [-0.25, -0.2) is 0 Å². The summed E-state index contributed by atoms with van der Waals surface area (Å²) in [6.45, 7) is 3.01. The van der Waals surface area contributed by atoms with Crippen LogP contribution in [0.15, 0.2) is 24.3 Å². The van der Waals surface area contributed by atoms with Crippen LogP contribution in [0.5, 0.6) is 0 Å². The number of nitrogens with one attached hydrogen (secondary N) is 1. The van der Waals surface area contributed by atoms with Crippen molar-refractivity contribution in [3.05, 3.63) is 29.8 Å². The fourth-order valence-electron chi connectivity index (χ4n) is 2.25. The summed E-state index contributed by atoms with van der Waals surface area (Å²) >= 11 is 0. The molecule has 1 aliphatic heterocycles. The lowest BCUT2D eigenvalue weighted by Crippen LogP contribution is -2.43. The van der Waals surface area contributed by atoms with Crippen molar-refractivity contribution in [1.29, 1.82) is 0 Å². The molecule has 0 atom stereocenters. The molecule has 1 heterocycles. The minimum Gasteiger partial charge on any atom is -0.355 e. The highest BCUT2D eigenvalue weighted by Gasteiger charge is 2.35. The Morgan fingerprint density at radius 2 is 2.00 bits per heavy atom. The Labute approximate surface area is 123 Å². The number of benzene rings is 1. The van der Waals surface area contributed by atoms with Crippen LogP contribution in [0, 0.1) is 0 Å². The molecule has 1 aromatic carbocycles. The molecule has 0 aliphatic carbocycles. The van der Waals surface area contributed by atoms with Crippen LogP contribution in [-0.2, 0) is 9.59 Å². The number of fused-ring (bicyclic) bond motifs is 1. The predicted molar refractivity (Wildman–Crippen MR) is 79.1 cm³/mol. The van der Waals surface area contributed by atoms with Gasteiger partial charge in [-0.05, 0) is 25.6 Å². The first kappa shape index (κ1) is 15.2. The third kappa shape index (κ3) is 3.28. The Morgan fingerprint density at radius 3 is 2.71 bits per heavy atom. The van der Waals surface area contributed by atoms with E-state index in [0.717, 1.165) is 6.42 Å². The standard InChI is InChI=1S/C15H19N3O3/c1-3-8-16-13(19)9-17(2)10-18-12-7-5-4-6-11(12)14(20)15(18)21/h4-7H,3,8-10H2,1-2H3,(H,16,19). The Bertz CT molecular complexity index is 571. The second-order valence-corrected chi connectivity index (χ2v) is 5.09. The molecule has 0 saturated heterocycles. The van der Waals surface area contributed by atoms with Gasteiger partial charge in [0.1, 0.15) is 0 Å². The molecule has 0 spiro atoms. The van der Waals surface area contributed by atoms with Gasteiger partial charge in [0.2, 0.25) is 5.91 Å². The molecule has 0 bridgehead atoms. The third-order valence-electron chi connectivity index (χ3n) is 3.25. The van der Waals surface area contributed by atoms with E-state index in [1.165, 1.54) is 4.90 Å². The maximum absolute atomic E-state index is 12.0. The molecule has 6 nitrogen and oxygen atoms in total. The Balaban J connectivity index is 2.01.